The molecule has 3 nitrogen and oxygen atoms in total. The largest absolute Gasteiger partial charge is 0.468 e. The molecular weight excluding hydrogens is 290 g/mol. The van der Waals surface area contributed by atoms with Gasteiger partial charge in [-0.05, 0) is 31.4 Å². The highest BCUT2D eigenvalue weighted by Crippen LogP contribution is 2.04. The second-order valence-electron chi connectivity index (χ2n) is 3.60. The second-order valence-corrected chi connectivity index (χ2v) is 5.69. The smallest absolute Gasteiger partial charge is 0.320 e. The molecule has 0 spiro atoms. The topological polar surface area (TPSA) is 38.3 Å². The first-order chi connectivity index (χ1) is 7.72. The van der Waals surface area contributed by atoms with Gasteiger partial charge >= 0.3 is 5.97 Å². The molecule has 0 radical (unpaired) electrons. The van der Waals surface area contributed by atoms with Crippen LogP contribution < -0.4 is 5.32 Å². The van der Waals surface area contributed by atoms with Crippen LogP contribution in [0.4, 0.5) is 0 Å². The lowest BCUT2D eigenvalue weighted by atomic mass is 10.2. The molecule has 0 aromatic rings. The monoisotopic (exact) mass is 311 g/mol. The van der Waals surface area contributed by atoms with Crippen LogP contribution in [0.3, 0.4) is 0 Å². The predicted octanol–water partition coefficient (Wildman–Crippen LogP) is 2.44. The molecule has 0 aromatic heterocycles. The number of alkyl halides is 1. The Kier molecular flexibility index (Phi) is 11.9. The first-order valence-corrected chi connectivity index (χ1v) is 7.95. The Balaban J connectivity index is 3.17. The zero-order valence-corrected chi connectivity index (χ0v) is 12.5. The van der Waals surface area contributed by atoms with E-state index in [0.717, 1.165) is 6.54 Å². The summed E-state index contributed by atoms with van der Waals surface area (Å²) in [6.45, 7) is 1.61. The van der Waals surface area contributed by atoms with E-state index in [1.165, 1.54) is 38.5 Å². The molecule has 96 valence electrons. The van der Waals surface area contributed by atoms with Gasteiger partial charge in [0.25, 0.3) is 0 Å². The maximum Gasteiger partial charge on any atom is 0.320 e. The molecule has 5 heteroatoms. The van der Waals surface area contributed by atoms with E-state index in [9.17, 15) is 4.79 Å². The minimum atomic E-state index is -0.228. The van der Waals surface area contributed by atoms with E-state index >= 15 is 0 Å². The molecular formula is C11H22BrNO2S. The van der Waals surface area contributed by atoms with Gasteiger partial charge in [-0.3, -0.25) is 4.79 Å². The number of nitrogens with one attached hydrogen (secondary N) is 1. The van der Waals surface area contributed by atoms with E-state index in [0.29, 0.717) is 6.54 Å². The third kappa shape index (κ3) is 9.48. The van der Waals surface area contributed by atoms with Crippen molar-refractivity contribution in [2.75, 3.05) is 32.2 Å². The van der Waals surface area contributed by atoms with E-state index in [1.807, 2.05) is 11.8 Å². The first kappa shape index (κ1) is 16.3. The van der Waals surface area contributed by atoms with Crippen molar-refractivity contribution < 1.29 is 9.53 Å². The highest BCUT2D eigenvalue weighted by Gasteiger charge is 2.13. The van der Waals surface area contributed by atoms with Crippen molar-refractivity contribution in [3.63, 3.8) is 0 Å². The fourth-order valence-corrected chi connectivity index (χ4v) is 2.20. The van der Waals surface area contributed by atoms with Crippen LogP contribution in [0.2, 0.25) is 0 Å². The maximum absolute atomic E-state index is 11.0. The molecule has 0 heterocycles. The lowest BCUT2D eigenvalue weighted by Crippen LogP contribution is -2.30. The van der Waals surface area contributed by atoms with Gasteiger partial charge in [0, 0.05) is 6.54 Å². The fraction of sp³-hybridized carbons (Fsp3) is 0.909. The number of carbonyl (C=O) groups is 1. The molecule has 0 fully saturated rings. The Morgan fingerprint density at radius 1 is 1.38 bits per heavy atom. The molecule has 0 aliphatic carbocycles. The van der Waals surface area contributed by atoms with Crippen LogP contribution in [-0.2, 0) is 9.53 Å². The van der Waals surface area contributed by atoms with Crippen LogP contribution >= 0.6 is 27.7 Å². The van der Waals surface area contributed by atoms with E-state index in [-0.39, 0.29) is 10.8 Å². The van der Waals surface area contributed by atoms with Crippen molar-refractivity contribution in [3.8, 4) is 0 Å². The van der Waals surface area contributed by atoms with Gasteiger partial charge in [0.15, 0.2) is 0 Å². The van der Waals surface area contributed by atoms with E-state index in [4.69, 9.17) is 0 Å². The van der Waals surface area contributed by atoms with Gasteiger partial charge < -0.3 is 10.1 Å². The van der Waals surface area contributed by atoms with Gasteiger partial charge in [0.05, 0.1) is 7.11 Å². The summed E-state index contributed by atoms with van der Waals surface area (Å²) < 4.78 is 4.61. The number of rotatable bonds is 10. The second kappa shape index (κ2) is 11.7. The van der Waals surface area contributed by atoms with Crippen molar-refractivity contribution in [2.45, 2.75) is 30.5 Å². The molecule has 0 aliphatic heterocycles. The SMILES string of the molecule is COC(=O)C(Br)CNCCCCCCSC. The summed E-state index contributed by atoms with van der Waals surface area (Å²) in [6.07, 6.45) is 7.19. The number of unbranched alkanes of at least 4 members (excludes halogenated alkanes) is 3. The summed E-state index contributed by atoms with van der Waals surface area (Å²) in [6, 6.07) is 0. The molecule has 1 atom stereocenters. The molecule has 0 aromatic carbocycles. The number of ether oxygens (including phenoxy) is 1. The molecule has 0 rings (SSSR count). The summed E-state index contributed by atoms with van der Waals surface area (Å²) >= 11 is 5.17. The highest BCUT2D eigenvalue weighted by molar-refractivity contribution is 9.10. The number of hydrogen-bond acceptors (Lipinski definition) is 4. The molecule has 1 N–H and O–H groups in total. The molecule has 1 unspecified atom stereocenters. The van der Waals surface area contributed by atoms with E-state index in [1.54, 1.807) is 0 Å². The van der Waals surface area contributed by atoms with Crippen LogP contribution in [0.5, 0.6) is 0 Å². The summed E-state index contributed by atoms with van der Waals surface area (Å²) in [5.74, 6) is 1.05. The van der Waals surface area contributed by atoms with Gasteiger partial charge in [0.2, 0.25) is 0 Å². The highest BCUT2D eigenvalue weighted by atomic mass is 79.9. The van der Waals surface area contributed by atoms with Crippen LogP contribution in [0.1, 0.15) is 25.7 Å². The predicted molar refractivity (Wildman–Crippen MR) is 74.5 cm³/mol. The van der Waals surface area contributed by atoms with Crippen molar-refractivity contribution in [1.29, 1.82) is 0 Å². The van der Waals surface area contributed by atoms with Crippen molar-refractivity contribution in [2.24, 2.45) is 0 Å². The first-order valence-electron chi connectivity index (χ1n) is 5.64. The number of carbonyl (C=O) groups excluding carboxylic acids is 1. The van der Waals surface area contributed by atoms with Gasteiger partial charge in [-0.2, -0.15) is 11.8 Å². The van der Waals surface area contributed by atoms with Crippen LogP contribution in [0, 0.1) is 0 Å². The third-order valence-corrected chi connectivity index (χ3v) is 3.63. The third-order valence-electron chi connectivity index (χ3n) is 2.23. The Bertz CT molecular complexity index is 181. The molecule has 0 bridgehead atoms. The number of esters is 1. The molecule has 0 amide bonds. The average Bonchev–Trinajstić information content (AvgIpc) is 2.31. The number of methoxy groups -OCH3 is 1. The Labute approximate surface area is 111 Å². The summed E-state index contributed by atoms with van der Waals surface area (Å²) in [5, 5.41) is 3.24. The summed E-state index contributed by atoms with van der Waals surface area (Å²) in [5.41, 5.74) is 0. The summed E-state index contributed by atoms with van der Waals surface area (Å²) in [4.78, 5) is 10.8. The summed E-state index contributed by atoms with van der Waals surface area (Å²) in [7, 11) is 1.41. The molecule has 0 saturated carbocycles. The van der Waals surface area contributed by atoms with E-state index < -0.39 is 0 Å². The zero-order chi connectivity index (χ0) is 12.2. The van der Waals surface area contributed by atoms with Crippen molar-refractivity contribution in [3.05, 3.63) is 0 Å². The van der Waals surface area contributed by atoms with Gasteiger partial charge in [-0.1, -0.05) is 28.8 Å². The molecule has 0 aliphatic rings. The van der Waals surface area contributed by atoms with Crippen LogP contribution in [0.15, 0.2) is 0 Å². The van der Waals surface area contributed by atoms with Crippen molar-refractivity contribution >= 4 is 33.7 Å². The molecule has 0 saturated heterocycles. The number of hydrogen-bond donors (Lipinski definition) is 1. The zero-order valence-electron chi connectivity index (χ0n) is 10.1. The minimum Gasteiger partial charge on any atom is -0.468 e. The standard InChI is InChI=1S/C11H22BrNO2S/c1-15-11(14)10(12)9-13-7-5-3-4-6-8-16-2/h10,13H,3-9H2,1-2H3. The van der Waals surface area contributed by atoms with Crippen LogP contribution in [0.25, 0.3) is 0 Å². The Morgan fingerprint density at radius 2 is 2.06 bits per heavy atom. The quantitative estimate of drug-likeness (QED) is 0.382. The number of halogens is 1. The normalized spacial score (nSPS) is 12.4. The lowest BCUT2D eigenvalue weighted by Gasteiger charge is -2.08. The minimum absolute atomic E-state index is 0.215. The fourth-order valence-electron chi connectivity index (χ4n) is 1.29. The number of thioether (sulfide) groups is 1. The Hall–Kier alpha value is 0.260. The van der Waals surface area contributed by atoms with Crippen molar-refractivity contribution in [1.82, 2.24) is 5.32 Å². The van der Waals surface area contributed by atoms with Gasteiger partial charge in [-0.15, -0.1) is 0 Å². The lowest BCUT2D eigenvalue weighted by molar-refractivity contribution is -0.139. The average molecular weight is 312 g/mol. The maximum atomic E-state index is 11.0. The van der Waals surface area contributed by atoms with E-state index in [2.05, 4.69) is 32.2 Å². The van der Waals surface area contributed by atoms with Gasteiger partial charge in [-0.25, -0.2) is 0 Å². The Morgan fingerprint density at radius 3 is 2.69 bits per heavy atom. The van der Waals surface area contributed by atoms with Gasteiger partial charge in [0.1, 0.15) is 4.83 Å². The van der Waals surface area contributed by atoms with Crippen LogP contribution in [-0.4, -0.2) is 43.0 Å². The molecule has 16 heavy (non-hydrogen) atoms.